The molecule has 7 nitrogen and oxygen atoms in total. The lowest BCUT2D eigenvalue weighted by Crippen LogP contribution is -2.43. The highest BCUT2D eigenvalue weighted by molar-refractivity contribution is 6.00. The number of rotatable bonds is 6. The SMILES string of the molecule is CCO[C@@H]1COC[C@H]1NC(=O)c1cn[nH]c1-c1cccc(OC)c1. The van der Waals surface area contributed by atoms with Gasteiger partial charge in [-0.2, -0.15) is 5.10 Å². The molecule has 0 radical (unpaired) electrons. The Morgan fingerprint density at radius 3 is 3.12 bits per heavy atom. The van der Waals surface area contributed by atoms with Crippen LogP contribution in [0.25, 0.3) is 11.3 Å². The van der Waals surface area contributed by atoms with Crippen molar-refractivity contribution < 1.29 is 19.0 Å². The normalized spacial score (nSPS) is 20.1. The summed E-state index contributed by atoms with van der Waals surface area (Å²) in [5, 5.41) is 9.88. The van der Waals surface area contributed by atoms with Crippen molar-refractivity contribution in [2.24, 2.45) is 0 Å². The molecule has 0 unspecified atom stereocenters. The molecule has 1 aliphatic rings. The highest BCUT2D eigenvalue weighted by atomic mass is 16.5. The monoisotopic (exact) mass is 331 g/mol. The quantitative estimate of drug-likeness (QED) is 0.840. The molecule has 24 heavy (non-hydrogen) atoms. The number of aromatic nitrogens is 2. The van der Waals surface area contributed by atoms with Crippen LogP contribution in [0, 0.1) is 0 Å². The van der Waals surface area contributed by atoms with Crippen LogP contribution in [-0.4, -0.2) is 55.2 Å². The molecule has 1 saturated heterocycles. The average Bonchev–Trinajstić information content (AvgIpc) is 3.25. The minimum absolute atomic E-state index is 0.119. The third-order valence-corrected chi connectivity index (χ3v) is 3.97. The molecule has 2 atom stereocenters. The number of hydrogen-bond donors (Lipinski definition) is 2. The summed E-state index contributed by atoms with van der Waals surface area (Å²) >= 11 is 0. The van der Waals surface area contributed by atoms with Crippen molar-refractivity contribution in [3.8, 4) is 17.0 Å². The van der Waals surface area contributed by atoms with Crippen molar-refractivity contribution in [1.29, 1.82) is 0 Å². The van der Waals surface area contributed by atoms with Gasteiger partial charge < -0.3 is 19.5 Å². The maximum Gasteiger partial charge on any atom is 0.255 e. The number of hydrogen-bond acceptors (Lipinski definition) is 5. The van der Waals surface area contributed by atoms with Crippen molar-refractivity contribution in [1.82, 2.24) is 15.5 Å². The van der Waals surface area contributed by atoms with Crippen LogP contribution in [0.15, 0.2) is 30.5 Å². The molecule has 1 amide bonds. The predicted octanol–water partition coefficient (Wildman–Crippen LogP) is 1.62. The number of amides is 1. The molecule has 3 rings (SSSR count). The maximum absolute atomic E-state index is 12.6. The summed E-state index contributed by atoms with van der Waals surface area (Å²) in [7, 11) is 1.60. The molecule has 2 aromatic rings. The summed E-state index contributed by atoms with van der Waals surface area (Å²) in [6, 6.07) is 7.31. The van der Waals surface area contributed by atoms with Crippen molar-refractivity contribution in [3.05, 3.63) is 36.0 Å². The highest BCUT2D eigenvalue weighted by Crippen LogP contribution is 2.25. The van der Waals surface area contributed by atoms with Gasteiger partial charge in [0.15, 0.2) is 0 Å². The number of methoxy groups -OCH3 is 1. The van der Waals surface area contributed by atoms with Gasteiger partial charge in [0.2, 0.25) is 0 Å². The molecular weight excluding hydrogens is 310 g/mol. The van der Waals surface area contributed by atoms with E-state index in [-0.39, 0.29) is 18.1 Å². The predicted molar refractivity (Wildman–Crippen MR) is 88.1 cm³/mol. The lowest BCUT2D eigenvalue weighted by atomic mass is 10.1. The van der Waals surface area contributed by atoms with Gasteiger partial charge in [-0.05, 0) is 19.1 Å². The first kappa shape index (κ1) is 16.5. The van der Waals surface area contributed by atoms with Gasteiger partial charge in [0.25, 0.3) is 5.91 Å². The van der Waals surface area contributed by atoms with E-state index < -0.39 is 0 Å². The van der Waals surface area contributed by atoms with Crippen molar-refractivity contribution >= 4 is 5.91 Å². The highest BCUT2D eigenvalue weighted by Gasteiger charge is 2.31. The molecule has 7 heteroatoms. The second-order valence-electron chi connectivity index (χ2n) is 5.50. The Labute approximate surface area is 140 Å². The molecule has 0 aliphatic carbocycles. The fourth-order valence-electron chi connectivity index (χ4n) is 2.75. The molecule has 2 heterocycles. The van der Waals surface area contributed by atoms with Crippen LogP contribution < -0.4 is 10.1 Å². The molecule has 2 N–H and O–H groups in total. The lowest BCUT2D eigenvalue weighted by Gasteiger charge is -2.18. The lowest BCUT2D eigenvalue weighted by molar-refractivity contribution is 0.0402. The standard InChI is InChI=1S/C17H21N3O4/c1-3-24-15-10-23-9-14(15)19-17(21)13-8-18-20-16(13)11-5-4-6-12(7-11)22-2/h4-8,14-15H,3,9-10H2,1-2H3,(H,18,20)(H,19,21)/t14-,15-/m1/s1. The van der Waals surface area contributed by atoms with Crippen LogP contribution in [-0.2, 0) is 9.47 Å². The van der Waals surface area contributed by atoms with Crippen LogP contribution in [0.1, 0.15) is 17.3 Å². The second-order valence-corrected chi connectivity index (χ2v) is 5.50. The van der Waals surface area contributed by atoms with Crippen LogP contribution in [0.2, 0.25) is 0 Å². The molecule has 1 fully saturated rings. The number of carbonyl (C=O) groups excluding carboxylic acids is 1. The number of carbonyl (C=O) groups is 1. The van der Waals surface area contributed by atoms with Crippen LogP contribution >= 0.6 is 0 Å². The third kappa shape index (κ3) is 3.42. The van der Waals surface area contributed by atoms with Crippen molar-refractivity contribution in [3.63, 3.8) is 0 Å². The molecule has 0 spiro atoms. The van der Waals surface area contributed by atoms with Gasteiger partial charge in [-0.3, -0.25) is 9.89 Å². The number of H-pyrrole nitrogens is 1. The van der Waals surface area contributed by atoms with E-state index in [1.165, 1.54) is 6.20 Å². The molecule has 1 aromatic heterocycles. The first-order chi connectivity index (χ1) is 11.7. The summed E-state index contributed by atoms with van der Waals surface area (Å²) < 4.78 is 16.2. The van der Waals surface area contributed by atoms with Gasteiger partial charge >= 0.3 is 0 Å². The fraction of sp³-hybridized carbons (Fsp3) is 0.412. The third-order valence-electron chi connectivity index (χ3n) is 3.97. The van der Waals surface area contributed by atoms with Crippen LogP contribution in [0.3, 0.4) is 0 Å². The Bertz CT molecular complexity index is 701. The van der Waals surface area contributed by atoms with E-state index in [4.69, 9.17) is 14.2 Å². The van der Waals surface area contributed by atoms with Gasteiger partial charge in [0.1, 0.15) is 11.9 Å². The van der Waals surface area contributed by atoms with E-state index in [0.717, 1.165) is 5.56 Å². The topological polar surface area (TPSA) is 85.5 Å². The van der Waals surface area contributed by atoms with Crippen LogP contribution in [0.5, 0.6) is 5.75 Å². The molecule has 0 bridgehead atoms. The molecule has 1 aliphatic heterocycles. The number of nitrogens with zero attached hydrogens (tertiary/aromatic N) is 1. The Hall–Kier alpha value is -2.38. The second kappa shape index (κ2) is 7.46. The Balaban J connectivity index is 1.78. The van der Waals surface area contributed by atoms with E-state index in [0.29, 0.717) is 36.8 Å². The summed E-state index contributed by atoms with van der Waals surface area (Å²) in [4.78, 5) is 12.6. The van der Waals surface area contributed by atoms with E-state index in [9.17, 15) is 4.79 Å². The minimum atomic E-state index is -0.207. The largest absolute Gasteiger partial charge is 0.497 e. The Morgan fingerprint density at radius 2 is 2.33 bits per heavy atom. The molecule has 1 aromatic carbocycles. The smallest absolute Gasteiger partial charge is 0.255 e. The number of ether oxygens (including phenoxy) is 3. The minimum Gasteiger partial charge on any atom is -0.497 e. The van der Waals surface area contributed by atoms with E-state index >= 15 is 0 Å². The van der Waals surface area contributed by atoms with E-state index in [2.05, 4.69) is 15.5 Å². The Morgan fingerprint density at radius 1 is 1.46 bits per heavy atom. The summed E-state index contributed by atoms with van der Waals surface area (Å²) in [5.74, 6) is 0.510. The average molecular weight is 331 g/mol. The zero-order valence-corrected chi connectivity index (χ0v) is 13.7. The molecule has 128 valence electrons. The van der Waals surface area contributed by atoms with E-state index in [1.807, 2.05) is 31.2 Å². The number of benzene rings is 1. The maximum atomic E-state index is 12.6. The van der Waals surface area contributed by atoms with Gasteiger partial charge in [0, 0.05) is 12.2 Å². The van der Waals surface area contributed by atoms with Crippen molar-refractivity contribution in [2.75, 3.05) is 26.9 Å². The van der Waals surface area contributed by atoms with Crippen LogP contribution in [0.4, 0.5) is 0 Å². The Kier molecular flexibility index (Phi) is 5.12. The molecular formula is C17H21N3O4. The first-order valence-electron chi connectivity index (χ1n) is 7.91. The first-order valence-corrected chi connectivity index (χ1v) is 7.91. The number of nitrogens with one attached hydrogen (secondary N) is 2. The van der Waals surface area contributed by atoms with Gasteiger partial charge in [-0.15, -0.1) is 0 Å². The van der Waals surface area contributed by atoms with Crippen molar-refractivity contribution in [2.45, 2.75) is 19.1 Å². The molecule has 0 saturated carbocycles. The number of aromatic amines is 1. The fourth-order valence-corrected chi connectivity index (χ4v) is 2.75. The van der Waals surface area contributed by atoms with Gasteiger partial charge in [0.05, 0.1) is 43.8 Å². The van der Waals surface area contributed by atoms with E-state index in [1.54, 1.807) is 7.11 Å². The summed E-state index contributed by atoms with van der Waals surface area (Å²) in [6.07, 6.45) is 1.40. The van der Waals surface area contributed by atoms with Gasteiger partial charge in [-0.25, -0.2) is 0 Å². The zero-order chi connectivity index (χ0) is 16.9. The van der Waals surface area contributed by atoms with Gasteiger partial charge in [-0.1, -0.05) is 12.1 Å². The zero-order valence-electron chi connectivity index (χ0n) is 13.7. The summed E-state index contributed by atoms with van der Waals surface area (Å²) in [5.41, 5.74) is 1.96. The summed E-state index contributed by atoms with van der Waals surface area (Å²) in [6.45, 7) is 3.45.